The van der Waals surface area contributed by atoms with E-state index in [4.69, 9.17) is 74.0 Å². The molecule has 4 aromatic rings. The molecule has 0 radical (unpaired) electrons. The Hall–Kier alpha value is -7.22. The molecule has 4 aromatic carbocycles. The van der Waals surface area contributed by atoms with Gasteiger partial charge in [0.1, 0.15) is 0 Å². The van der Waals surface area contributed by atoms with Crippen molar-refractivity contribution in [1.82, 2.24) is 20.0 Å². The van der Waals surface area contributed by atoms with Gasteiger partial charge < -0.3 is 84.7 Å². The molecule has 6 amide bonds. The number of nitrogens with two attached hydrogens (primary N) is 3. The first-order valence-electron chi connectivity index (χ1n) is 35.8. The summed E-state index contributed by atoms with van der Waals surface area (Å²) < 4.78 is 72.3. The van der Waals surface area contributed by atoms with Crippen LogP contribution >= 0.6 is 0 Å². The fourth-order valence-electron chi connectivity index (χ4n) is 12.9. The summed E-state index contributed by atoms with van der Waals surface area (Å²) in [5.74, 6) is -4.60. The van der Waals surface area contributed by atoms with Crippen molar-refractivity contribution in [2.45, 2.75) is 97.7 Å². The third-order valence-electron chi connectivity index (χ3n) is 18.1. The predicted octanol–water partition coefficient (Wildman–Crippen LogP) is 6.07. The van der Waals surface area contributed by atoms with Gasteiger partial charge in [-0.25, -0.2) is 0 Å². The monoisotopic (exact) mass is 1420 g/mol. The summed E-state index contributed by atoms with van der Waals surface area (Å²) in [6, 6.07) is 17.9. The number of hydrogen-bond donors (Lipinski definition) is 5. The molecular formula is C76H104N8O18. The molecule has 5 aliphatic rings. The van der Waals surface area contributed by atoms with E-state index >= 15 is 0 Å². The van der Waals surface area contributed by atoms with Crippen molar-refractivity contribution in [2.75, 3.05) is 164 Å². The molecule has 0 bridgehead atoms. The second-order valence-corrected chi connectivity index (χ2v) is 26.3. The number of carbonyl (C=O) groups is 6. The van der Waals surface area contributed by atoms with E-state index in [9.17, 15) is 28.8 Å². The topological polar surface area (TPSA) is 325 Å². The average molecular weight is 1420 g/mol. The summed E-state index contributed by atoms with van der Waals surface area (Å²) >= 11 is 0. The van der Waals surface area contributed by atoms with Gasteiger partial charge in [0.05, 0.1) is 156 Å². The van der Waals surface area contributed by atoms with Crippen LogP contribution in [0.2, 0.25) is 0 Å². The Kier molecular flexibility index (Phi) is 30.2. The molecule has 0 spiro atoms. The van der Waals surface area contributed by atoms with E-state index in [0.717, 1.165) is 33.3 Å². The molecule has 3 heterocycles. The molecule has 9 rings (SSSR count). The van der Waals surface area contributed by atoms with Crippen LogP contribution in [0.15, 0.2) is 108 Å². The van der Waals surface area contributed by atoms with Crippen LogP contribution in [0.1, 0.15) is 102 Å². The maximum absolute atomic E-state index is 13.8. The van der Waals surface area contributed by atoms with Gasteiger partial charge in [0.2, 0.25) is 5.91 Å². The van der Waals surface area contributed by atoms with Crippen LogP contribution in [-0.4, -0.2) is 245 Å². The second kappa shape index (κ2) is 39.1. The van der Waals surface area contributed by atoms with Crippen LogP contribution < -0.4 is 27.8 Å². The lowest BCUT2D eigenvalue weighted by atomic mass is 9.70. The van der Waals surface area contributed by atoms with Crippen LogP contribution in [0.25, 0.3) is 21.5 Å². The summed E-state index contributed by atoms with van der Waals surface area (Å²) in [5, 5.41) is 9.92. The van der Waals surface area contributed by atoms with Crippen LogP contribution in [0.5, 0.6) is 0 Å². The van der Waals surface area contributed by atoms with Crippen molar-refractivity contribution in [3.8, 4) is 0 Å². The highest BCUT2D eigenvalue weighted by Crippen LogP contribution is 2.44. The number of benzene rings is 4. The van der Waals surface area contributed by atoms with E-state index in [0.29, 0.717) is 131 Å². The highest BCUT2D eigenvalue weighted by atomic mass is 16.9. The Morgan fingerprint density at radius 2 is 0.912 bits per heavy atom. The maximum Gasteiger partial charge on any atom is 0.282 e. The van der Waals surface area contributed by atoms with Crippen molar-refractivity contribution in [3.05, 3.63) is 136 Å². The van der Waals surface area contributed by atoms with E-state index in [1.807, 2.05) is 102 Å². The van der Waals surface area contributed by atoms with Crippen LogP contribution in [0, 0.1) is 17.8 Å². The molecule has 26 heteroatoms. The minimum Gasteiger partial charge on any atom is -0.380 e. The molecule has 3 aliphatic heterocycles. The number of carbonyl (C=O) groups excluding carboxylic acids is 6. The summed E-state index contributed by atoms with van der Waals surface area (Å²) in [5.41, 5.74) is 22.2. The highest BCUT2D eigenvalue weighted by Gasteiger charge is 2.48. The van der Waals surface area contributed by atoms with E-state index < -0.39 is 36.1 Å². The fraction of sp³-hybridized carbons (Fsp3) is 0.553. The standard InChI is InChI=1S/C76H104N8O18/c1-8-76(100-46-52(5)97-43-49(2)42-55-18-19-62-67-56(55)12-9-15-59(67)70(85)82(73(62)88)27-33-94-39-36-91-30-24-77,101-47-53(6)98-44-50(3)80-65-22-20-63-68-57(65)13-10-16-60(68)71(86)83(74(63)89)28-34-95-40-37-92-31-25-78)102-48-54(7)99-45-51(4)81-66-23-21-64-69-58(66)14-11-17-61(69)72(87)84(75(64)90)29-35-96-41-38-93-32-26-79/h9-23,49-54,60,68,80-81H,8,24-48,77-79H2,1-7H3. The summed E-state index contributed by atoms with van der Waals surface area (Å²) in [7, 11) is 0. The van der Waals surface area contributed by atoms with Crippen molar-refractivity contribution in [2.24, 2.45) is 35.0 Å². The van der Waals surface area contributed by atoms with Gasteiger partial charge in [0, 0.05) is 106 Å². The van der Waals surface area contributed by atoms with Crippen molar-refractivity contribution in [3.63, 3.8) is 0 Å². The van der Waals surface area contributed by atoms with Crippen molar-refractivity contribution in [1.29, 1.82) is 0 Å². The van der Waals surface area contributed by atoms with Gasteiger partial charge in [-0.1, -0.05) is 68.5 Å². The molecule has 9 unspecified atom stereocenters. The molecule has 0 aromatic heterocycles. The maximum atomic E-state index is 13.8. The molecule has 556 valence electrons. The van der Waals surface area contributed by atoms with Gasteiger partial charge in [0.15, 0.2) is 0 Å². The zero-order valence-electron chi connectivity index (χ0n) is 60.1. The number of rotatable bonds is 49. The number of allylic oxidation sites excluding steroid dienone is 5. The molecular weight excluding hydrogens is 1310 g/mol. The van der Waals surface area contributed by atoms with Crippen LogP contribution in [0.4, 0.5) is 5.69 Å². The first-order valence-corrected chi connectivity index (χ1v) is 35.8. The number of amides is 6. The summed E-state index contributed by atoms with van der Waals surface area (Å²) in [4.78, 5) is 86.6. The summed E-state index contributed by atoms with van der Waals surface area (Å²) in [6.07, 6.45) is 8.94. The minimum atomic E-state index is -1.56. The lowest BCUT2D eigenvalue weighted by Gasteiger charge is -2.41. The Bertz CT molecular complexity index is 3450. The second-order valence-electron chi connectivity index (χ2n) is 26.3. The first kappa shape index (κ1) is 78.9. The molecule has 2 aliphatic carbocycles. The number of hydrogen-bond acceptors (Lipinski definition) is 23. The predicted molar refractivity (Wildman–Crippen MR) is 383 cm³/mol. The first-order chi connectivity index (χ1) is 49.4. The molecule has 26 nitrogen and oxygen atoms in total. The molecule has 8 N–H and O–H groups in total. The molecule has 9 atom stereocenters. The Morgan fingerprint density at radius 3 is 1.42 bits per heavy atom. The van der Waals surface area contributed by atoms with E-state index in [1.54, 1.807) is 30.3 Å². The van der Waals surface area contributed by atoms with E-state index in [1.165, 1.54) is 14.7 Å². The summed E-state index contributed by atoms with van der Waals surface area (Å²) in [6.45, 7) is 20.3. The van der Waals surface area contributed by atoms with Crippen LogP contribution in [-0.2, 0) is 72.9 Å². The Morgan fingerprint density at radius 1 is 0.461 bits per heavy atom. The van der Waals surface area contributed by atoms with Gasteiger partial charge >= 0.3 is 0 Å². The smallest absolute Gasteiger partial charge is 0.282 e. The zero-order valence-corrected chi connectivity index (χ0v) is 60.1. The molecule has 1 fully saturated rings. The lowest BCUT2D eigenvalue weighted by molar-refractivity contribution is -0.393. The highest BCUT2D eigenvalue weighted by molar-refractivity contribution is 6.27. The van der Waals surface area contributed by atoms with Gasteiger partial charge in [-0.15, -0.1) is 0 Å². The number of piperidine rings is 1. The number of likely N-dealkylation sites (tertiary alicyclic amines) is 1. The van der Waals surface area contributed by atoms with E-state index in [2.05, 4.69) is 17.6 Å². The van der Waals surface area contributed by atoms with Crippen LogP contribution in [0.3, 0.4) is 0 Å². The molecule has 102 heavy (non-hydrogen) atoms. The molecule has 1 saturated heterocycles. The van der Waals surface area contributed by atoms with Gasteiger partial charge in [-0.05, 0) is 99.9 Å². The number of anilines is 1. The third-order valence-corrected chi connectivity index (χ3v) is 18.1. The largest absolute Gasteiger partial charge is 0.380 e. The van der Waals surface area contributed by atoms with Gasteiger partial charge in [0.25, 0.3) is 35.5 Å². The lowest BCUT2D eigenvalue weighted by Crippen LogP contribution is -2.53. The number of ether oxygens (including phenoxy) is 12. The van der Waals surface area contributed by atoms with Crippen molar-refractivity contribution < 1.29 is 85.6 Å². The van der Waals surface area contributed by atoms with Gasteiger partial charge in [-0.2, -0.15) is 0 Å². The van der Waals surface area contributed by atoms with Crippen molar-refractivity contribution >= 4 is 62.7 Å². The number of imide groups is 3. The van der Waals surface area contributed by atoms with E-state index in [-0.39, 0.29) is 132 Å². The molecule has 0 saturated carbocycles. The fourth-order valence-corrected chi connectivity index (χ4v) is 12.9. The Balaban J connectivity index is 0.803. The SMILES string of the molecule is CCC(OCC(C)OCC(C)Cc1ccc2c3c(cccc13)C(=O)N(CCOCCOCCN)C2=O)(OCC(C)OCC(C)NC1=CC=C2C(=O)N(CCOCCOCCN)C(=O)C3C=CC=C1C23)OCC(C)OCC(C)Nc1ccc2c3c(cccc13)C(=O)N(CCOCCOCCN)C2=O. The minimum absolute atomic E-state index is 0.0167. The van der Waals surface area contributed by atoms with Gasteiger partial charge in [-0.3, -0.25) is 43.5 Å². The number of nitrogens with one attached hydrogen (secondary N) is 2. The quantitative estimate of drug-likeness (QED) is 0.0190. The normalized spacial score (nSPS) is 18.8. The Labute approximate surface area is 597 Å². The third kappa shape index (κ3) is 20.2. The average Bonchev–Trinajstić information content (AvgIpc) is 0.756. The number of nitrogens with zero attached hydrogens (tertiary/aromatic N) is 3. The zero-order chi connectivity index (χ0) is 72.7.